The van der Waals surface area contributed by atoms with E-state index in [-0.39, 0.29) is 46.9 Å². The van der Waals surface area contributed by atoms with Crippen LogP contribution in [0.15, 0.2) is 36.7 Å². The highest BCUT2D eigenvalue weighted by molar-refractivity contribution is 5.83. The number of pyridine rings is 1. The van der Waals surface area contributed by atoms with E-state index < -0.39 is 23.9 Å². The SMILES string of the molecule is CCN1CC2(C1)CN(Cc1ccc(Nc3ncc(F)c(-c4cc(F)c5nc6n(c5c4)[C@H](C(F)(F)F)CC6)n3)nc1)C2. The lowest BCUT2D eigenvalue weighted by atomic mass is 9.73. The summed E-state index contributed by atoms with van der Waals surface area (Å²) in [5.74, 6) is -1.08. The number of hydrogen-bond donors (Lipinski definition) is 1. The maximum atomic E-state index is 15.0. The van der Waals surface area contributed by atoms with E-state index >= 15 is 0 Å². The molecule has 3 aliphatic rings. The summed E-state index contributed by atoms with van der Waals surface area (Å²) < 4.78 is 71.7. The van der Waals surface area contributed by atoms with E-state index in [2.05, 4.69) is 42.0 Å². The molecule has 0 bridgehead atoms. The Bertz CT molecular complexity index is 1620. The Labute approximate surface area is 232 Å². The molecule has 1 atom stereocenters. The van der Waals surface area contributed by atoms with Gasteiger partial charge in [0.05, 0.1) is 11.7 Å². The summed E-state index contributed by atoms with van der Waals surface area (Å²) in [5, 5.41) is 2.93. The van der Waals surface area contributed by atoms with Crippen LogP contribution in [0, 0.1) is 17.0 Å². The van der Waals surface area contributed by atoms with Crippen LogP contribution >= 0.6 is 0 Å². The van der Waals surface area contributed by atoms with Gasteiger partial charge < -0.3 is 14.8 Å². The number of rotatable bonds is 6. The summed E-state index contributed by atoms with van der Waals surface area (Å²) in [4.78, 5) is 21.5. The smallest absolute Gasteiger partial charge is 0.316 e. The predicted molar refractivity (Wildman–Crippen MR) is 141 cm³/mol. The Morgan fingerprint density at radius 3 is 2.46 bits per heavy atom. The highest BCUT2D eigenvalue weighted by atomic mass is 19.4. The van der Waals surface area contributed by atoms with Gasteiger partial charge in [-0.2, -0.15) is 13.2 Å². The van der Waals surface area contributed by atoms with Crippen molar-refractivity contribution in [3.05, 3.63) is 59.7 Å². The molecule has 0 amide bonds. The second-order valence-electron chi connectivity index (χ2n) is 11.3. The van der Waals surface area contributed by atoms with E-state index in [1.54, 1.807) is 12.3 Å². The number of halogens is 5. The van der Waals surface area contributed by atoms with Gasteiger partial charge in [0, 0.05) is 56.3 Å². The first kappa shape index (κ1) is 26.2. The zero-order chi connectivity index (χ0) is 28.5. The Morgan fingerprint density at radius 2 is 1.76 bits per heavy atom. The minimum atomic E-state index is -4.52. The number of anilines is 2. The van der Waals surface area contributed by atoms with Crippen molar-refractivity contribution in [2.45, 2.75) is 38.5 Å². The highest BCUT2D eigenvalue weighted by Crippen LogP contribution is 2.43. The molecule has 1 N–H and O–H groups in total. The molecule has 0 radical (unpaired) electrons. The Kier molecular flexibility index (Phi) is 6.02. The van der Waals surface area contributed by atoms with Gasteiger partial charge in [-0.05, 0) is 36.7 Å². The monoisotopic (exact) mass is 570 g/mol. The lowest BCUT2D eigenvalue weighted by Crippen LogP contribution is -2.71. The quantitative estimate of drug-likeness (QED) is 0.324. The summed E-state index contributed by atoms with van der Waals surface area (Å²) in [6.45, 7) is 8.59. The maximum Gasteiger partial charge on any atom is 0.409 e. The fraction of sp³-hybridized carbons (Fsp3) is 0.429. The Morgan fingerprint density at radius 1 is 0.976 bits per heavy atom. The normalized spacial score (nSPS) is 20.3. The molecule has 6 heterocycles. The average Bonchev–Trinajstić information content (AvgIpc) is 3.47. The van der Waals surface area contributed by atoms with Crippen molar-refractivity contribution in [1.29, 1.82) is 0 Å². The standard InChI is InChI=1S/C28H27F5N8/c1-2-39-12-27(13-39)14-40(15-27)11-16-3-5-22(34-9-16)36-26-35-10-19(30)24(38-26)17-7-18(29)25-20(8-17)41-21(28(31,32)33)4-6-23(41)37-25/h3,5,7-10,21H,2,4,6,11-15H2,1H3,(H,34,35,36,38)/t21-/m0/s1. The van der Waals surface area contributed by atoms with E-state index in [0.717, 1.165) is 48.6 Å². The largest absolute Gasteiger partial charge is 0.409 e. The van der Waals surface area contributed by atoms with Crippen LogP contribution in [0.2, 0.25) is 0 Å². The van der Waals surface area contributed by atoms with E-state index in [9.17, 15) is 22.0 Å². The van der Waals surface area contributed by atoms with E-state index in [1.807, 2.05) is 6.07 Å². The molecule has 2 saturated heterocycles. The molecule has 1 aromatic carbocycles. The van der Waals surface area contributed by atoms with Crippen molar-refractivity contribution < 1.29 is 22.0 Å². The molecule has 4 aromatic rings. The van der Waals surface area contributed by atoms with E-state index in [1.165, 1.54) is 19.2 Å². The molecule has 8 nitrogen and oxygen atoms in total. The van der Waals surface area contributed by atoms with Gasteiger partial charge in [-0.25, -0.2) is 28.7 Å². The average molecular weight is 571 g/mol. The van der Waals surface area contributed by atoms with Crippen LogP contribution in [0.4, 0.5) is 33.7 Å². The predicted octanol–water partition coefficient (Wildman–Crippen LogP) is 5.10. The number of aromatic nitrogens is 5. The number of nitrogens with one attached hydrogen (secondary N) is 1. The number of nitrogens with zero attached hydrogens (tertiary/aromatic N) is 7. The van der Waals surface area contributed by atoms with Crippen molar-refractivity contribution in [3.63, 3.8) is 0 Å². The van der Waals surface area contributed by atoms with E-state index in [4.69, 9.17) is 0 Å². The molecule has 3 aromatic heterocycles. The number of likely N-dealkylation sites (tertiary alicyclic amines) is 2. The molecule has 41 heavy (non-hydrogen) atoms. The molecular formula is C28H27F5N8. The zero-order valence-electron chi connectivity index (χ0n) is 22.2. The minimum absolute atomic E-state index is 0.0161. The molecule has 2 fully saturated rings. The first-order chi connectivity index (χ1) is 19.6. The van der Waals surface area contributed by atoms with Gasteiger partial charge in [-0.15, -0.1) is 0 Å². The fourth-order valence-corrected chi connectivity index (χ4v) is 6.50. The summed E-state index contributed by atoms with van der Waals surface area (Å²) in [6.07, 6.45) is -1.93. The molecule has 0 aliphatic carbocycles. The van der Waals surface area contributed by atoms with Crippen LogP contribution in [-0.2, 0) is 13.0 Å². The number of imidazole rings is 1. The molecular weight excluding hydrogens is 543 g/mol. The van der Waals surface area contributed by atoms with Gasteiger partial charge in [-0.3, -0.25) is 4.90 Å². The van der Waals surface area contributed by atoms with Crippen molar-refractivity contribution in [2.75, 3.05) is 38.0 Å². The third kappa shape index (κ3) is 4.60. The van der Waals surface area contributed by atoms with Crippen LogP contribution in [0.5, 0.6) is 0 Å². The number of fused-ring (bicyclic) bond motifs is 3. The number of aryl methyl sites for hydroxylation is 1. The topological polar surface area (TPSA) is 75.0 Å². The summed E-state index contributed by atoms with van der Waals surface area (Å²) >= 11 is 0. The summed E-state index contributed by atoms with van der Waals surface area (Å²) in [7, 11) is 0. The lowest BCUT2D eigenvalue weighted by Gasteiger charge is -2.60. The Hall–Kier alpha value is -3.71. The van der Waals surface area contributed by atoms with Gasteiger partial charge >= 0.3 is 6.18 Å². The van der Waals surface area contributed by atoms with Crippen LogP contribution in [0.1, 0.15) is 30.8 Å². The second-order valence-corrected chi connectivity index (χ2v) is 11.3. The zero-order valence-corrected chi connectivity index (χ0v) is 22.2. The summed E-state index contributed by atoms with van der Waals surface area (Å²) in [5.41, 5.74) is 1.02. The van der Waals surface area contributed by atoms with Gasteiger partial charge in [0.15, 0.2) is 11.6 Å². The maximum absolute atomic E-state index is 15.0. The van der Waals surface area contributed by atoms with Crippen LogP contribution < -0.4 is 5.32 Å². The van der Waals surface area contributed by atoms with Crippen LogP contribution in [0.3, 0.4) is 0 Å². The first-order valence-electron chi connectivity index (χ1n) is 13.6. The molecule has 13 heteroatoms. The molecule has 7 rings (SSSR count). The third-order valence-corrected chi connectivity index (χ3v) is 8.32. The number of hydrogen-bond acceptors (Lipinski definition) is 7. The lowest BCUT2D eigenvalue weighted by molar-refractivity contribution is -0.164. The second kappa shape index (κ2) is 9.41. The molecule has 1 spiro atoms. The molecule has 214 valence electrons. The Balaban J connectivity index is 1.09. The van der Waals surface area contributed by atoms with Gasteiger partial charge in [-0.1, -0.05) is 13.0 Å². The van der Waals surface area contributed by atoms with Gasteiger partial charge in [0.1, 0.15) is 28.9 Å². The van der Waals surface area contributed by atoms with E-state index in [0.29, 0.717) is 11.2 Å². The third-order valence-electron chi connectivity index (χ3n) is 8.32. The van der Waals surface area contributed by atoms with Crippen molar-refractivity contribution in [1.82, 2.24) is 34.3 Å². The minimum Gasteiger partial charge on any atom is -0.316 e. The molecule has 0 saturated carbocycles. The molecule has 0 unspecified atom stereocenters. The van der Waals surface area contributed by atoms with Gasteiger partial charge in [0.25, 0.3) is 0 Å². The first-order valence-corrected chi connectivity index (χ1v) is 13.6. The van der Waals surface area contributed by atoms with Crippen molar-refractivity contribution in [2.24, 2.45) is 5.41 Å². The van der Waals surface area contributed by atoms with Gasteiger partial charge in [0.2, 0.25) is 5.95 Å². The summed E-state index contributed by atoms with van der Waals surface area (Å²) in [6, 6.07) is 4.23. The van der Waals surface area contributed by atoms with Crippen molar-refractivity contribution >= 4 is 22.8 Å². The highest BCUT2D eigenvalue weighted by Gasteiger charge is 2.50. The number of alkyl halides is 3. The fourth-order valence-electron chi connectivity index (χ4n) is 6.50. The molecule has 3 aliphatic heterocycles. The van der Waals surface area contributed by atoms with Crippen molar-refractivity contribution in [3.8, 4) is 11.3 Å². The van der Waals surface area contributed by atoms with Crippen LogP contribution in [-0.4, -0.2) is 73.2 Å². The van der Waals surface area contributed by atoms with Crippen LogP contribution in [0.25, 0.3) is 22.3 Å². The number of benzene rings is 1.